The zero-order valence-corrected chi connectivity index (χ0v) is 20.5. The number of H-pyrrole nitrogens is 1. The number of carbonyl (C=O) groups is 1. The van der Waals surface area contributed by atoms with E-state index in [9.17, 15) is 26.4 Å². The van der Waals surface area contributed by atoms with Crippen molar-refractivity contribution in [1.82, 2.24) is 19.4 Å². The lowest BCUT2D eigenvalue weighted by Gasteiger charge is -2.27. The van der Waals surface area contributed by atoms with Crippen LogP contribution in [0, 0.1) is 17.5 Å². The van der Waals surface area contributed by atoms with Gasteiger partial charge in [-0.3, -0.25) is 14.8 Å². The van der Waals surface area contributed by atoms with Gasteiger partial charge in [0.05, 0.1) is 23.7 Å². The number of amides is 1. The Balaban J connectivity index is 1.38. The molecule has 0 bridgehead atoms. The minimum Gasteiger partial charge on any atom is -0.379 e. The third kappa shape index (κ3) is 5.25. The first-order valence-corrected chi connectivity index (χ1v) is 13.1. The number of ether oxygens (including phenoxy) is 1. The van der Waals surface area contributed by atoms with Gasteiger partial charge >= 0.3 is 0 Å². The number of halogens is 3. The predicted octanol–water partition coefficient (Wildman–Crippen LogP) is 2.66. The molecule has 1 fully saturated rings. The van der Waals surface area contributed by atoms with E-state index < -0.39 is 38.3 Å². The Morgan fingerprint density at radius 1 is 1.08 bits per heavy atom. The van der Waals surface area contributed by atoms with E-state index in [0.29, 0.717) is 55.7 Å². The highest BCUT2D eigenvalue weighted by atomic mass is 32.2. The predicted molar refractivity (Wildman–Crippen MR) is 127 cm³/mol. The molecule has 0 radical (unpaired) electrons. The van der Waals surface area contributed by atoms with Gasteiger partial charge in [-0.15, -0.1) is 0 Å². The van der Waals surface area contributed by atoms with Crippen LogP contribution in [0.25, 0.3) is 0 Å². The van der Waals surface area contributed by atoms with Crippen molar-refractivity contribution in [2.75, 3.05) is 38.2 Å². The molecule has 1 aromatic heterocycles. The maximum atomic E-state index is 14.8. The maximum absolute atomic E-state index is 14.8. The molecule has 2 aliphatic rings. The molecule has 37 heavy (non-hydrogen) atoms. The van der Waals surface area contributed by atoms with Crippen molar-refractivity contribution in [2.45, 2.75) is 24.4 Å². The second kappa shape index (κ2) is 10.2. The number of sulfonamides is 1. The molecule has 196 valence electrons. The highest BCUT2D eigenvalue weighted by Gasteiger charge is 2.32. The molecule has 9 nitrogen and oxygen atoms in total. The van der Waals surface area contributed by atoms with Gasteiger partial charge in [-0.05, 0) is 23.8 Å². The van der Waals surface area contributed by atoms with Crippen molar-refractivity contribution >= 4 is 21.7 Å². The molecule has 5 rings (SSSR count). The molecule has 0 aliphatic carbocycles. The average Bonchev–Trinajstić information content (AvgIpc) is 3.26. The van der Waals surface area contributed by atoms with Crippen LogP contribution in [0.5, 0.6) is 0 Å². The number of nitrogens with one attached hydrogen (secondary N) is 2. The number of fused-ring (bicyclic) bond motifs is 1. The number of morpholine rings is 1. The smallest absolute Gasteiger partial charge is 0.260 e. The summed E-state index contributed by atoms with van der Waals surface area (Å²) in [6, 6.07) is 6.51. The summed E-state index contributed by atoms with van der Waals surface area (Å²) >= 11 is 0. The Kier molecular flexibility index (Phi) is 7.03. The summed E-state index contributed by atoms with van der Waals surface area (Å²) in [4.78, 5) is 14.7. The lowest BCUT2D eigenvalue weighted by atomic mass is 10.0. The Hall–Kier alpha value is -3.26. The molecule has 0 spiro atoms. The third-order valence-corrected chi connectivity index (χ3v) is 8.25. The number of hydrogen-bond donors (Lipinski definition) is 2. The minimum atomic E-state index is -4.23. The molecule has 0 atom stereocenters. The van der Waals surface area contributed by atoms with Gasteiger partial charge < -0.3 is 10.1 Å². The van der Waals surface area contributed by atoms with Crippen LogP contribution in [0.4, 0.5) is 19.0 Å². The van der Waals surface area contributed by atoms with E-state index in [2.05, 4.69) is 20.4 Å². The quantitative estimate of drug-likeness (QED) is 0.503. The Bertz CT molecular complexity index is 1420. The molecule has 0 unspecified atom stereocenters. The normalized spacial score (nSPS) is 16.9. The molecule has 2 N–H and O–H groups in total. The zero-order chi connectivity index (χ0) is 26.2. The van der Waals surface area contributed by atoms with Gasteiger partial charge in [0.2, 0.25) is 10.0 Å². The van der Waals surface area contributed by atoms with Gasteiger partial charge in [-0.2, -0.15) is 9.40 Å². The van der Waals surface area contributed by atoms with E-state index in [-0.39, 0.29) is 30.9 Å². The highest BCUT2D eigenvalue weighted by Crippen LogP contribution is 2.29. The monoisotopic (exact) mass is 535 g/mol. The van der Waals surface area contributed by atoms with E-state index in [1.54, 1.807) is 6.07 Å². The summed E-state index contributed by atoms with van der Waals surface area (Å²) in [5, 5.41) is 9.50. The summed E-state index contributed by atoms with van der Waals surface area (Å²) in [6.45, 7) is 2.63. The fourth-order valence-corrected chi connectivity index (χ4v) is 5.98. The van der Waals surface area contributed by atoms with Gasteiger partial charge in [-0.1, -0.05) is 12.1 Å². The molecule has 1 saturated heterocycles. The molecular formula is C24H24F3N5O4S. The first-order chi connectivity index (χ1) is 17.7. The van der Waals surface area contributed by atoms with Crippen LogP contribution in [-0.2, 0) is 34.3 Å². The Morgan fingerprint density at radius 2 is 1.81 bits per heavy atom. The fraction of sp³-hybridized carbons (Fsp3) is 0.333. The molecule has 2 aliphatic heterocycles. The maximum Gasteiger partial charge on any atom is 0.260 e. The lowest BCUT2D eigenvalue weighted by Crippen LogP contribution is -2.36. The molecule has 0 saturated carbocycles. The highest BCUT2D eigenvalue weighted by molar-refractivity contribution is 7.89. The van der Waals surface area contributed by atoms with Gasteiger partial charge in [0.15, 0.2) is 5.82 Å². The number of aromatic amines is 1. The van der Waals surface area contributed by atoms with Crippen molar-refractivity contribution in [3.05, 3.63) is 76.2 Å². The van der Waals surface area contributed by atoms with Gasteiger partial charge in [0.1, 0.15) is 17.5 Å². The van der Waals surface area contributed by atoms with Gasteiger partial charge in [-0.25, -0.2) is 21.6 Å². The van der Waals surface area contributed by atoms with Crippen molar-refractivity contribution < 1.29 is 31.1 Å². The van der Waals surface area contributed by atoms with Crippen LogP contribution in [-0.4, -0.2) is 66.6 Å². The van der Waals surface area contributed by atoms with Crippen molar-refractivity contribution in [3.63, 3.8) is 0 Å². The molecule has 3 heterocycles. The zero-order valence-electron chi connectivity index (χ0n) is 19.6. The van der Waals surface area contributed by atoms with Crippen LogP contribution in [0.3, 0.4) is 0 Å². The Labute approximate surface area is 211 Å². The third-order valence-electron chi connectivity index (χ3n) is 6.43. The van der Waals surface area contributed by atoms with Crippen LogP contribution < -0.4 is 5.32 Å². The second-order valence-corrected chi connectivity index (χ2v) is 10.8. The number of benzene rings is 2. The van der Waals surface area contributed by atoms with Gasteiger partial charge in [0, 0.05) is 56.5 Å². The molecule has 2 aromatic carbocycles. The summed E-state index contributed by atoms with van der Waals surface area (Å²) < 4.78 is 74.7. The largest absolute Gasteiger partial charge is 0.379 e. The van der Waals surface area contributed by atoms with Crippen molar-refractivity contribution in [3.8, 4) is 0 Å². The summed E-state index contributed by atoms with van der Waals surface area (Å²) in [5.74, 6) is -3.37. The van der Waals surface area contributed by atoms with E-state index in [1.807, 2.05) is 0 Å². The first-order valence-electron chi connectivity index (χ1n) is 11.6. The van der Waals surface area contributed by atoms with E-state index >= 15 is 0 Å². The van der Waals surface area contributed by atoms with Crippen LogP contribution in [0.15, 0.2) is 41.3 Å². The number of hydrogen-bond acceptors (Lipinski definition) is 6. The van der Waals surface area contributed by atoms with Crippen LogP contribution in [0.2, 0.25) is 0 Å². The van der Waals surface area contributed by atoms with Crippen molar-refractivity contribution in [2.24, 2.45) is 0 Å². The van der Waals surface area contributed by atoms with E-state index in [1.165, 1.54) is 12.1 Å². The molecule has 3 aromatic rings. The topological polar surface area (TPSA) is 108 Å². The average molecular weight is 536 g/mol. The minimum absolute atomic E-state index is 0.0417. The SMILES string of the molecule is O=C(Nc1n[nH]c2c1CN(S(=O)(=O)c1cc(F)cc(F)c1)CC2)c1c(F)cccc1CN1CCOCC1. The number of rotatable bonds is 6. The van der Waals surface area contributed by atoms with Gasteiger partial charge in [0.25, 0.3) is 5.91 Å². The Morgan fingerprint density at radius 3 is 2.54 bits per heavy atom. The van der Waals surface area contributed by atoms with Crippen LogP contribution >= 0.6 is 0 Å². The summed E-state index contributed by atoms with van der Waals surface area (Å²) in [5.41, 5.74) is 1.38. The van der Waals surface area contributed by atoms with E-state index in [4.69, 9.17) is 4.74 Å². The number of carbonyl (C=O) groups excluding carboxylic acids is 1. The lowest BCUT2D eigenvalue weighted by molar-refractivity contribution is 0.0340. The summed E-state index contributed by atoms with van der Waals surface area (Å²) in [6.07, 6.45) is 0.233. The molecular weight excluding hydrogens is 511 g/mol. The molecule has 1 amide bonds. The number of anilines is 1. The fourth-order valence-electron chi connectivity index (χ4n) is 4.53. The number of aromatic nitrogens is 2. The standard InChI is InChI=1S/C24H24F3N5O4S/c25-16-10-17(26)12-18(11-16)37(34,35)32-5-4-21-19(14-32)23(30-29-21)28-24(33)22-15(2-1-3-20(22)27)13-31-6-8-36-9-7-31/h1-3,10-12H,4-9,13-14H2,(H2,28,29,30,33). The summed E-state index contributed by atoms with van der Waals surface area (Å²) in [7, 11) is -4.23. The molecule has 13 heteroatoms. The van der Waals surface area contributed by atoms with E-state index in [0.717, 1.165) is 16.4 Å². The van der Waals surface area contributed by atoms with Crippen LogP contribution in [0.1, 0.15) is 27.2 Å². The first kappa shape index (κ1) is 25.4. The second-order valence-electron chi connectivity index (χ2n) is 8.84. The van der Waals surface area contributed by atoms with Crippen molar-refractivity contribution in [1.29, 1.82) is 0 Å². The number of nitrogens with zero attached hydrogens (tertiary/aromatic N) is 3.